The number of rotatable bonds is 7. The van der Waals surface area contributed by atoms with E-state index in [2.05, 4.69) is 72.3 Å². The van der Waals surface area contributed by atoms with Gasteiger partial charge in [-0.15, -0.1) is 0 Å². The third kappa shape index (κ3) is 5.26. The van der Waals surface area contributed by atoms with Crippen molar-refractivity contribution in [2.45, 2.75) is 26.7 Å². The highest BCUT2D eigenvalue weighted by Gasteiger charge is 2.19. The number of nitrogens with zero attached hydrogens (tertiary/aromatic N) is 2. The summed E-state index contributed by atoms with van der Waals surface area (Å²) in [5.74, 6) is 0.991. The van der Waals surface area contributed by atoms with Crippen molar-refractivity contribution < 1.29 is 9.53 Å². The van der Waals surface area contributed by atoms with Crippen LogP contribution in [0, 0.1) is 0 Å². The first-order valence-electron chi connectivity index (χ1n) is 12.2. The topological polar surface area (TPSA) is 44.8 Å². The highest BCUT2D eigenvalue weighted by atomic mass is 16.5. The first-order chi connectivity index (χ1) is 16.5. The second-order valence-corrected chi connectivity index (χ2v) is 9.08. The van der Waals surface area contributed by atoms with Gasteiger partial charge in [-0.2, -0.15) is 0 Å². The minimum absolute atomic E-state index is 0.147. The minimum atomic E-state index is -0.147. The van der Waals surface area contributed by atoms with Crippen LogP contribution in [0.15, 0.2) is 66.7 Å². The molecule has 34 heavy (non-hydrogen) atoms. The van der Waals surface area contributed by atoms with E-state index < -0.39 is 0 Å². The van der Waals surface area contributed by atoms with Gasteiger partial charge in [0.2, 0.25) is 0 Å². The van der Waals surface area contributed by atoms with Gasteiger partial charge in [-0.05, 0) is 60.0 Å². The lowest BCUT2D eigenvalue weighted by atomic mass is 9.95. The third-order valence-corrected chi connectivity index (χ3v) is 6.67. The highest BCUT2D eigenvalue weighted by molar-refractivity contribution is 6.09. The van der Waals surface area contributed by atoms with Crippen molar-refractivity contribution in [2.75, 3.05) is 50.1 Å². The van der Waals surface area contributed by atoms with Gasteiger partial charge in [0, 0.05) is 43.1 Å². The summed E-state index contributed by atoms with van der Waals surface area (Å²) in [5, 5.41) is 3.07. The number of methoxy groups -OCH3 is 1. The van der Waals surface area contributed by atoms with Gasteiger partial charge in [-0.3, -0.25) is 4.79 Å². The number of carbonyl (C=O) groups is 1. The van der Waals surface area contributed by atoms with Crippen LogP contribution in [0.2, 0.25) is 0 Å². The van der Waals surface area contributed by atoms with Crippen molar-refractivity contribution in [2.24, 2.45) is 0 Å². The normalized spacial score (nSPS) is 14.3. The zero-order valence-corrected chi connectivity index (χ0v) is 20.7. The molecule has 3 aromatic rings. The standard InChI is InChI=1S/C29H35N3O2/c1-5-31-17-19-32(20-18-31)25-15-13-24(14-16-25)30-29(33)26-7-6-8-27(34-4)28(26)23-11-9-22(10-12-23)21(2)3/h6-16,21H,5,17-20H2,1-4H3,(H,30,33). The Balaban J connectivity index is 1.53. The van der Waals surface area contributed by atoms with E-state index in [4.69, 9.17) is 4.74 Å². The summed E-state index contributed by atoms with van der Waals surface area (Å²) in [6, 6.07) is 22.1. The summed E-state index contributed by atoms with van der Waals surface area (Å²) >= 11 is 0. The zero-order valence-electron chi connectivity index (χ0n) is 20.7. The fourth-order valence-electron chi connectivity index (χ4n) is 4.50. The molecular formula is C29H35N3O2. The molecule has 5 heteroatoms. The lowest BCUT2D eigenvalue weighted by Crippen LogP contribution is -2.46. The predicted octanol–water partition coefficient (Wildman–Crippen LogP) is 5.88. The second-order valence-electron chi connectivity index (χ2n) is 9.08. The largest absolute Gasteiger partial charge is 0.496 e. The van der Waals surface area contributed by atoms with Crippen molar-refractivity contribution in [3.8, 4) is 16.9 Å². The van der Waals surface area contributed by atoms with Gasteiger partial charge in [0.25, 0.3) is 5.91 Å². The molecular weight excluding hydrogens is 422 g/mol. The monoisotopic (exact) mass is 457 g/mol. The first-order valence-corrected chi connectivity index (χ1v) is 12.2. The summed E-state index contributed by atoms with van der Waals surface area (Å²) < 4.78 is 5.63. The van der Waals surface area contributed by atoms with Crippen LogP contribution < -0.4 is 15.0 Å². The molecule has 1 aliphatic rings. The summed E-state index contributed by atoms with van der Waals surface area (Å²) in [6.45, 7) is 11.9. The fraction of sp³-hybridized carbons (Fsp3) is 0.345. The molecule has 0 atom stereocenters. The van der Waals surface area contributed by atoms with Crippen molar-refractivity contribution in [1.82, 2.24) is 4.90 Å². The van der Waals surface area contributed by atoms with Crippen molar-refractivity contribution in [3.63, 3.8) is 0 Å². The Hall–Kier alpha value is -3.31. The fourth-order valence-corrected chi connectivity index (χ4v) is 4.50. The van der Waals surface area contributed by atoms with Gasteiger partial charge < -0.3 is 19.9 Å². The number of benzene rings is 3. The van der Waals surface area contributed by atoms with Gasteiger partial charge in [0.15, 0.2) is 0 Å². The summed E-state index contributed by atoms with van der Waals surface area (Å²) in [6.07, 6.45) is 0. The molecule has 0 unspecified atom stereocenters. The van der Waals surface area contributed by atoms with Crippen LogP contribution in [0.4, 0.5) is 11.4 Å². The van der Waals surface area contributed by atoms with E-state index in [0.717, 1.165) is 49.5 Å². The minimum Gasteiger partial charge on any atom is -0.496 e. The van der Waals surface area contributed by atoms with Crippen molar-refractivity contribution >= 4 is 17.3 Å². The van der Waals surface area contributed by atoms with Crippen molar-refractivity contribution in [1.29, 1.82) is 0 Å². The van der Waals surface area contributed by atoms with E-state index in [0.29, 0.717) is 17.2 Å². The molecule has 1 saturated heterocycles. The van der Waals surface area contributed by atoms with Gasteiger partial charge in [-0.25, -0.2) is 0 Å². The number of hydrogen-bond donors (Lipinski definition) is 1. The summed E-state index contributed by atoms with van der Waals surface area (Å²) in [4.78, 5) is 18.2. The number of amides is 1. The first kappa shape index (κ1) is 23.8. The maximum absolute atomic E-state index is 13.3. The van der Waals surface area contributed by atoms with E-state index in [9.17, 15) is 4.79 Å². The summed E-state index contributed by atoms with van der Waals surface area (Å²) in [5.41, 5.74) is 5.61. The summed E-state index contributed by atoms with van der Waals surface area (Å²) in [7, 11) is 1.64. The maximum Gasteiger partial charge on any atom is 0.256 e. The SMILES string of the molecule is CCN1CCN(c2ccc(NC(=O)c3cccc(OC)c3-c3ccc(C(C)C)cc3)cc2)CC1. The Morgan fingerprint density at radius 3 is 2.21 bits per heavy atom. The van der Waals surface area contributed by atoms with E-state index in [1.54, 1.807) is 7.11 Å². The number of piperazine rings is 1. The quantitative estimate of drug-likeness (QED) is 0.481. The third-order valence-electron chi connectivity index (χ3n) is 6.67. The molecule has 1 fully saturated rings. The van der Waals surface area contributed by atoms with Crippen LogP contribution >= 0.6 is 0 Å². The molecule has 1 amide bonds. The van der Waals surface area contributed by atoms with Gasteiger partial charge >= 0.3 is 0 Å². The van der Waals surface area contributed by atoms with Gasteiger partial charge in [0.1, 0.15) is 5.75 Å². The Kier molecular flexibility index (Phi) is 7.53. The maximum atomic E-state index is 13.3. The molecule has 4 rings (SSSR count). The molecule has 0 aliphatic carbocycles. The average Bonchev–Trinajstić information content (AvgIpc) is 2.88. The second kappa shape index (κ2) is 10.7. The van der Waals surface area contributed by atoms with Gasteiger partial charge in [0.05, 0.1) is 12.7 Å². The van der Waals surface area contributed by atoms with Crippen LogP contribution in [-0.2, 0) is 0 Å². The molecule has 0 aromatic heterocycles. The molecule has 0 spiro atoms. The van der Waals surface area contributed by atoms with Crippen LogP contribution in [0.5, 0.6) is 5.75 Å². The number of likely N-dealkylation sites (N-methyl/N-ethyl adjacent to an activating group) is 1. The van der Waals surface area contributed by atoms with Crippen LogP contribution in [0.1, 0.15) is 42.6 Å². The Bertz CT molecular complexity index is 1100. The Morgan fingerprint density at radius 2 is 1.62 bits per heavy atom. The zero-order chi connectivity index (χ0) is 24.1. The number of nitrogens with one attached hydrogen (secondary N) is 1. The molecule has 1 N–H and O–H groups in total. The van der Waals surface area contributed by atoms with Crippen LogP contribution in [0.3, 0.4) is 0 Å². The van der Waals surface area contributed by atoms with Crippen LogP contribution in [-0.4, -0.2) is 50.6 Å². The Labute approximate surface area is 203 Å². The smallest absolute Gasteiger partial charge is 0.256 e. The Morgan fingerprint density at radius 1 is 0.941 bits per heavy atom. The number of hydrogen-bond acceptors (Lipinski definition) is 4. The van der Waals surface area contributed by atoms with Gasteiger partial charge in [-0.1, -0.05) is 51.1 Å². The lowest BCUT2D eigenvalue weighted by Gasteiger charge is -2.35. The molecule has 0 bridgehead atoms. The number of carbonyl (C=O) groups excluding carboxylic acids is 1. The van der Waals surface area contributed by atoms with E-state index in [1.165, 1.54) is 11.3 Å². The molecule has 3 aromatic carbocycles. The molecule has 1 heterocycles. The molecule has 0 radical (unpaired) electrons. The number of anilines is 2. The van der Waals surface area contributed by atoms with Crippen LogP contribution in [0.25, 0.3) is 11.1 Å². The lowest BCUT2D eigenvalue weighted by molar-refractivity contribution is 0.102. The molecule has 0 saturated carbocycles. The molecule has 178 valence electrons. The van der Waals surface area contributed by atoms with E-state index in [-0.39, 0.29) is 5.91 Å². The highest BCUT2D eigenvalue weighted by Crippen LogP contribution is 2.35. The predicted molar refractivity (Wildman–Crippen MR) is 141 cm³/mol. The molecule has 5 nitrogen and oxygen atoms in total. The molecule has 1 aliphatic heterocycles. The average molecular weight is 458 g/mol. The van der Waals surface area contributed by atoms with E-state index in [1.807, 2.05) is 30.3 Å². The van der Waals surface area contributed by atoms with E-state index >= 15 is 0 Å². The van der Waals surface area contributed by atoms with Crippen molar-refractivity contribution in [3.05, 3.63) is 77.9 Å². The number of ether oxygens (including phenoxy) is 1.